The maximum absolute atomic E-state index is 12.9. The molecule has 0 spiro atoms. The summed E-state index contributed by atoms with van der Waals surface area (Å²) in [6.45, 7) is 2.98. The molecule has 0 aromatic heterocycles. The first-order valence-electron chi connectivity index (χ1n) is 12.1. The molecule has 2 aliphatic rings. The lowest BCUT2D eigenvalue weighted by Crippen LogP contribution is -2.51. The van der Waals surface area contributed by atoms with E-state index >= 15 is 0 Å². The molecular weight excluding hydrogens is 430 g/mol. The average Bonchev–Trinajstić information content (AvgIpc) is 2.86. The highest BCUT2D eigenvalue weighted by Crippen LogP contribution is 2.19. The van der Waals surface area contributed by atoms with E-state index in [9.17, 15) is 14.4 Å². The zero-order valence-corrected chi connectivity index (χ0v) is 19.4. The summed E-state index contributed by atoms with van der Waals surface area (Å²) in [4.78, 5) is 41.7. The number of carbonyl (C=O) groups excluding carboxylic acids is 3. The molecule has 2 fully saturated rings. The van der Waals surface area contributed by atoms with Crippen LogP contribution in [0.5, 0.6) is 0 Å². The predicted octanol–water partition coefficient (Wildman–Crippen LogP) is 3.15. The fourth-order valence-corrected chi connectivity index (χ4v) is 4.58. The fraction of sp³-hybridized carbons (Fsp3) is 0.423. The molecule has 0 bridgehead atoms. The quantitative estimate of drug-likeness (QED) is 0.614. The molecule has 0 radical (unpaired) electrons. The number of amides is 4. The maximum atomic E-state index is 12.9. The second kappa shape index (κ2) is 11.7. The number of para-hydroxylation sites is 2. The van der Waals surface area contributed by atoms with Crippen molar-refractivity contribution in [3.05, 3.63) is 60.7 Å². The van der Waals surface area contributed by atoms with Gasteiger partial charge in [0.15, 0.2) is 0 Å². The fourth-order valence-electron chi connectivity index (χ4n) is 4.58. The number of urea groups is 1. The summed E-state index contributed by atoms with van der Waals surface area (Å²) >= 11 is 0. The van der Waals surface area contributed by atoms with Crippen LogP contribution >= 0.6 is 0 Å². The number of anilines is 2. The second-order valence-electron chi connectivity index (χ2n) is 9.05. The molecule has 180 valence electrons. The topological polar surface area (TPSA) is 93.8 Å². The smallest absolute Gasteiger partial charge is 0.321 e. The van der Waals surface area contributed by atoms with Crippen molar-refractivity contribution in [2.75, 3.05) is 43.4 Å². The van der Waals surface area contributed by atoms with Crippen molar-refractivity contribution in [3.63, 3.8) is 0 Å². The normalized spacial score (nSPS) is 19.3. The minimum Gasteiger partial charge on any atom is -0.353 e. The van der Waals surface area contributed by atoms with Gasteiger partial charge in [0.25, 0.3) is 0 Å². The Morgan fingerprint density at radius 2 is 1.41 bits per heavy atom. The minimum atomic E-state index is -0.190. The van der Waals surface area contributed by atoms with Gasteiger partial charge in [-0.3, -0.25) is 14.5 Å². The summed E-state index contributed by atoms with van der Waals surface area (Å²) in [5, 5.41) is 9.01. The highest BCUT2D eigenvalue weighted by molar-refractivity contribution is 5.92. The molecule has 4 amide bonds. The number of likely N-dealkylation sites (tertiary alicyclic amines) is 2. The molecule has 0 unspecified atom stereocenters. The van der Waals surface area contributed by atoms with Crippen molar-refractivity contribution in [2.24, 2.45) is 5.92 Å². The molecule has 1 atom stereocenters. The van der Waals surface area contributed by atoms with Crippen LogP contribution in [-0.4, -0.2) is 66.4 Å². The van der Waals surface area contributed by atoms with E-state index in [-0.39, 0.29) is 29.8 Å². The minimum absolute atomic E-state index is 0.0234. The average molecular weight is 464 g/mol. The standard InChI is InChI=1S/C26H33N5O3/c32-24(27-21-9-3-1-4-10-21)19-30-16-13-23(14-17-30)28-25(33)20-8-7-15-31(18-20)26(34)29-22-11-5-2-6-12-22/h1-6,9-12,20,23H,7-8,13-19H2,(H,27,32)(H,28,33)(H,29,34)/t20-/m0/s1. The van der Waals surface area contributed by atoms with E-state index in [1.807, 2.05) is 60.7 Å². The number of piperidine rings is 2. The van der Waals surface area contributed by atoms with Gasteiger partial charge < -0.3 is 20.9 Å². The number of benzene rings is 2. The Hall–Kier alpha value is -3.39. The van der Waals surface area contributed by atoms with Gasteiger partial charge >= 0.3 is 6.03 Å². The highest BCUT2D eigenvalue weighted by atomic mass is 16.2. The molecule has 0 aliphatic carbocycles. The first-order chi connectivity index (χ1) is 16.6. The van der Waals surface area contributed by atoms with Crippen LogP contribution in [0.25, 0.3) is 0 Å². The third-order valence-electron chi connectivity index (χ3n) is 6.46. The number of rotatable bonds is 6. The number of nitrogens with one attached hydrogen (secondary N) is 3. The van der Waals surface area contributed by atoms with Gasteiger partial charge in [-0.1, -0.05) is 36.4 Å². The van der Waals surface area contributed by atoms with Crippen molar-refractivity contribution in [2.45, 2.75) is 31.7 Å². The second-order valence-corrected chi connectivity index (χ2v) is 9.05. The SMILES string of the molecule is O=C(CN1CCC(NC(=O)[C@H]2CCCN(C(=O)Nc3ccccc3)C2)CC1)Nc1ccccc1. The van der Waals surface area contributed by atoms with E-state index in [1.165, 1.54) is 0 Å². The van der Waals surface area contributed by atoms with Crippen molar-refractivity contribution in [3.8, 4) is 0 Å². The highest BCUT2D eigenvalue weighted by Gasteiger charge is 2.30. The molecule has 3 N–H and O–H groups in total. The number of nitrogens with zero attached hydrogens (tertiary/aromatic N) is 2. The van der Waals surface area contributed by atoms with E-state index in [0.29, 0.717) is 19.6 Å². The van der Waals surface area contributed by atoms with Crippen LogP contribution in [0.3, 0.4) is 0 Å². The lowest BCUT2D eigenvalue weighted by molar-refractivity contribution is -0.127. The summed E-state index contributed by atoms with van der Waals surface area (Å²) in [6.07, 6.45) is 3.24. The van der Waals surface area contributed by atoms with Gasteiger partial charge in [0.2, 0.25) is 11.8 Å². The lowest BCUT2D eigenvalue weighted by Gasteiger charge is -2.35. The Morgan fingerprint density at radius 3 is 2.06 bits per heavy atom. The molecule has 8 nitrogen and oxygen atoms in total. The van der Waals surface area contributed by atoms with Crippen LogP contribution in [0.1, 0.15) is 25.7 Å². The Labute approximate surface area is 200 Å². The van der Waals surface area contributed by atoms with E-state index in [4.69, 9.17) is 0 Å². The molecule has 4 rings (SSSR count). The summed E-state index contributed by atoms with van der Waals surface area (Å²) in [5.41, 5.74) is 1.55. The van der Waals surface area contributed by atoms with Crippen LogP contribution in [0.15, 0.2) is 60.7 Å². The summed E-state index contributed by atoms with van der Waals surface area (Å²) in [6, 6.07) is 18.8. The summed E-state index contributed by atoms with van der Waals surface area (Å²) in [5.74, 6) is -0.188. The maximum Gasteiger partial charge on any atom is 0.321 e. The Kier molecular flexibility index (Phi) is 8.14. The van der Waals surface area contributed by atoms with Crippen molar-refractivity contribution < 1.29 is 14.4 Å². The van der Waals surface area contributed by atoms with E-state index in [0.717, 1.165) is 50.1 Å². The van der Waals surface area contributed by atoms with E-state index in [2.05, 4.69) is 20.9 Å². The van der Waals surface area contributed by atoms with Gasteiger partial charge in [0.05, 0.1) is 12.5 Å². The molecule has 2 aromatic rings. The van der Waals surface area contributed by atoms with Gasteiger partial charge in [-0.25, -0.2) is 4.79 Å². The van der Waals surface area contributed by atoms with Crippen LogP contribution in [-0.2, 0) is 9.59 Å². The molecule has 2 heterocycles. The molecule has 0 saturated carbocycles. The predicted molar refractivity (Wildman–Crippen MR) is 132 cm³/mol. The van der Waals surface area contributed by atoms with Crippen LogP contribution in [0.4, 0.5) is 16.2 Å². The van der Waals surface area contributed by atoms with Crippen molar-refractivity contribution in [1.82, 2.24) is 15.1 Å². The first kappa shape index (κ1) is 23.8. The summed E-state index contributed by atoms with van der Waals surface area (Å²) < 4.78 is 0. The molecule has 34 heavy (non-hydrogen) atoms. The molecule has 2 aromatic carbocycles. The Bertz CT molecular complexity index is 961. The van der Waals surface area contributed by atoms with Gasteiger partial charge in [0.1, 0.15) is 0 Å². The zero-order chi connectivity index (χ0) is 23.8. The van der Waals surface area contributed by atoms with E-state index < -0.39 is 0 Å². The van der Waals surface area contributed by atoms with Gasteiger partial charge in [0, 0.05) is 43.6 Å². The van der Waals surface area contributed by atoms with Gasteiger partial charge in [-0.05, 0) is 49.9 Å². The molecule has 2 aliphatic heterocycles. The first-order valence-corrected chi connectivity index (χ1v) is 12.1. The number of carbonyl (C=O) groups is 3. The third kappa shape index (κ3) is 6.81. The van der Waals surface area contributed by atoms with Gasteiger partial charge in [-0.2, -0.15) is 0 Å². The third-order valence-corrected chi connectivity index (χ3v) is 6.46. The molecule has 8 heteroatoms. The number of hydrogen-bond donors (Lipinski definition) is 3. The Balaban J connectivity index is 1.18. The molecule has 2 saturated heterocycles. The summed E-state index contributed by atoms with van der Waals surface area (Å²) in [7, 11) is 0. The largest absolute Gasteiger partial charge is 0.353 e. The molecular formula is C26H33N5O3. The Morgan fingerprint density at radius 1 is 0.794 bits per heavy atom. The monoisotopic (exact) mass is 463 g/mol. The van der Waals surface area contributed by atoms with Crippen molar-refractivity contribution in [1.29, 1.82) is 0 Å². The lowest BCUT2D eigenvalue weighted by atomic mass is 9.96. The van der Waals surface area contributed by atoms with E-state index in [1.54, 1.807) is 4.90 Å². The van der Waals surface area contributed by atoms with Gasteiger partial charge in [-0.15, -0.1) is 0 Å². The van der Waals surface area contributed by atoms with Crippen LogP contribution in [0, 0.1) is 5.92 Å². The zero-order valence-electron chi connectivity index (χ0n) is 19.4. The van der Waals surface area contributed by atoms with Crippen molar-refractivity contribution >= 4 is 29.2 Å². The number of hydrogen-bond acceptors (Lipinski definition) is 4. The van der Waals surface area contributed by atoms with Crippen LogP contribution in [0.2, 0.25) is 0 Å². The van der Waals surface area contributed by atoms with Crippen LogP contribution < -0.4 is 16.0 Å².